The number of ether oxygens (including phenoxy) is 2. The molecule has 2 amide bonds. The van der Waals surface area contributed by atoms with Gasteiger partial charge in [0.15, 0.2) is 11.2 Å². The second-order valence-electron chi connectivity index (χ2n) is 8.59. The first-order chi connectivity index (χ1) is 14.7. The van der Waals surface area contributed by atoms with Crippen molar-refractivity contribution < 1.29 is 44.4 Å². The third-order valence-electron chi connectivity index (χ3n) is 5.23. The van der Waals surface area contributed by atoms with Crippen LogP contribution in [-0.4, -0.2) is 42.0 Å². The molecule has 0 saturated carbocycles. The molecular weight excluding hydrogens is 535 g/mol. The Morgan fingerprint density at radius 2 is 1.26 bits per heavy atom. The van der Waals surface area contributed by atoms with E-state index in [2.05, 4.69) is 0 Å². The maximum absolute atomic E-state index is 11.9. The minimum absolute atomic E-state index is 0. The molecule has 2 N–H and O–H groups in total. The number of hydrogen-bond donors (Lipinski definition) is 1. The van der Waals surface area contributed by atoms with E-state index in [0.717, 1.165) is 5.69 Å². The molecule has 2 heterocycles. The number of carbonyl (C=O) groups excluding carboxylic acids is 2. The Hall–Kier alpha value is -3.16. The molecule has 0 aromatic heterocycles. The standard InChI is InChI=1S/C11H12N2O4.C11H14N2O2.CH3.Pd/c1-11(2)10(14)12(3)8-6-7(13(15)16)4-5-9(8)17-11;1-11(2)10(14)13(3)8-6-7(12)4-5-9(8)15-11;;/h4-6H,1-3H3;4-6H,12H2,1-3H3;1H3;/q;;-1;. The van der Waals surface area contributed by atoms with Gasteiger partial charge in [-0.1, -0.05) is 0 Å². The molecule has 0 aliphatic carbocycles. The summed E-state index contributed by atoms with van der Waals surface area (Å²) in [6.07, 6.45) is 0. The van der Waals surface area contributed by atoms with E-state index in [4.69, 9.17) is 15.2 Å². The number of nitro benzene ring substituents is 1. The minimum Gasteiger partial charge on any atom is -0.476 e. The summed E-state index contributed by atoms with van der Waals surface area (Å²) in [5.41, 5.74) is 5.61. The van der Waals surface area contributed by atoms with Crippen molar-refractivity contribution in [2.24, 2.45) is 0 Å². The number of hydrogen-bond acceptors (Lipinski definition) is 7. The normalized spacial score (nSPS) is 16.8. The molecule has 0 atom stereocenters. The second-order valence-corrected chi connectivity index (χ2v) is 8.59. The second kappa shape index (κ2) is 9.99. The molecule has 0 spiro atoms. The molecule has 2 aromatic carbocycles. The van der Waals surface area contributed by atoms with Crippen LogP contribution in [0.1, 0.15) is 27.7 Å². The van der Waals surface area contributed by atoms with E-state index in [-0.39, 0.29) is 45.4 Å². The van der Waals surface area contributed by atoms with E-state index < -0.39 is 16.1 Å². The molecule has 10 nitrogen and oxygen atoms in total. The fraction of sp³-hybridized carbons (Fsp3) is 0.348. The third-order valence-corrected chi connectivity index (χ3v) is 5.23. The zero-order chi connectivity index (χ0) is 24.0. The number of amides is 2. The number of likely N-dealkylation sites (N-methyl/N-ethyl adjacent to an activating group) is 2. The Kier molecular flexibility index (Phi) is 8.49. The molecule has 34 heavy (non-hydrogen) atoms. The van der Waals surface area contributed by atoms with E-state index in [9.17, 15) is 19.7 Å². The van der Waals surface area contributed by atoms with Crippen LogP contribution in [0.2, 0.25) is 0 Å². The number of carbonyl (C=O) groups is 2. The van der Waals surface area contributed by atoms with Gasteiger partial charge < -0.3 is 32.4 Å². The van der Waals surface area contributed by atoms with Gasteiger partial charge in [0.05, 0.1) is 16.3 Å². The van der Waals surface area contributed by atoms with Gasteiger partial charge in [0.1, 0.15) is 11.5 Å². The van der Waals surface area contributed by atoms with Crippen molar-refractivity contribution in [3.05, 3.63) is 53.9 Å². The van der Waals surface area contributed by atoms with Crippen LogP contribution in [0.5, 0.6) is 11.5 Å². The Bertz CT molecular complexity index is 1120. The minimum atomic E-state index is -0.947. The predicted octanol–water partition coefficient (Wildman–Crippen LogP) is 3.58. The van der Waals surface area contributed by atoms with Crippen molar-refractivity contribution in [3.8, 4) is 11.5 Å². The van der Waals surface area contributed by atoms with Crippen molar-refractivity contribution in [1.29, 1.82) is 0 Å². The Balaban J connectivity index is 0.000000323. The molecule has 2 aliphatic heterocycles. The first-order valence-electron chi connectivity index (χ1n) is 9.87. The number of nitro groups is 1. The van der Waals surface area contributed by atoms with Gasteiger partial charge in [0, 0.05) is 52.3 Å². The molecule has 0 radical (unpaired) electrons. The molecular formula is C23H29N4O6Pd-. The topological polar surface area (TPSA) is 128 Å². The number of fused-ring (bicyclic) bond motifs is 2. The summed E-state index contributed by atoms with van der Waals surface area (Å²) in [4.78, 5) is 36.9. The van der Waals surface area contributed by atoms with Crippen LogP contribution in [0.15, 0.2) is 36.4 Å². The van der Waals surface area contributed by atoms with E-state index in [1.807, 2.05) is 0 Å². The Labute approximate surface area is 212 Å². The SMILES string of the molecule is CN1C(=O)C(C)(C)Oc2ccc(N)cc21.CN1C(=O)C(C)(C)Oc2ccc([N+](=O)[O-])cc21.[CH3-].[Pd]. The number of benzene rings is 2. The summed E-state index contributed by atoms with van der Waals surface area (Å²) in [6, 6.07) is 9.50. The van der Waals surface area contributed by atoms with Crippen molar-refractivity contribution in [2.75, 3.05) is 29.6 Å². The molecule has 2 aromatic rings. The summed E-state index contributed by atoms with van der Waals surface area (Å²) >= 11 is 0. The molecule has 0 fully saturated rings. The number of anilines is 3. The van der Waals surface area contributed by atoms with E-state index in [1.54, 1.807) is 64.9 Å². The van der Waals surface area contributed by atoms with Crippen LogP contribution in [0.3, 0.4) is 0 Å². The largest absolute Gasteiger partial charge is 0.476 e. The first kappa shape index (κ1) is 28.9. The van der Waals surface area contributed by atoms with Crippen LogP contribution >= 0.6 is 0 Å². The number of nitrogen functional groups attached to an aromatic ring is 1. The number of nitrogens with two attached hydrogens (primary N) is 1. The van der Waals surface area contributed by atoms with Gasteiger partial charge in [0.2, 0.25) is 0 Å². The molecule has 188 valence electrons. The quantitative estimate of drug-likeness (QED) is 0.185. The van der Waals surface area contributed by atoms with Gasteiger partial charge >= 0.3 is 0 Å². The van der Waals surface area contributed by atoms with Gasteiger partial charge in [-0.2, -0.15) is 0 Å². The Morgan fingerprint density at radius 1 is 0.853 bits per heavy atom. The zero-order valence-corrected chi connectivity index (χ0v) is 21.7. The first-order valence-corrected chi connectivity index (χ1v) is 9.87. The fourth-order valence-corrected chi connectivity index (χ4v) is 3.51. The van der Waals surface area contributed by atoms with Gasteiger partial charge in [-0.25, -0.2) is 0 Å². The van der Waals surface area contributed by atoms with Crippen LogP contribution in [0, 0.1) is 17.5 Å². The van der Waals surface area contributed by atoms with Gasteiger partial charge in [0.25, 0.3) is 17.5 Å². The number of rotatable bonds is 1. The molecule has 0 saturated heterocycles. The van der Waals surface area contributed by atoms with Gasteiger partial charge in [-0.15, -0.1) is 0 Å². The smallest absolute Gasteiger partial charge is 0.271 e. The van der Waals surface area contributed by atoms with Crippen LogP contribution in [0.4, 0.5) is 22.7 Å². The fourth-order valence-electron chi connectivity index (χ4n) is 3.51. The van der Waals surface area contributed by atoms with Crippen LogP contribution in [-0.2, 0) is 30.0 Å². The van der Waals surface area contributed by atoms with Crippen molar-refractivity contribution in [2.45, 2.75) is 38.9 Å². The summed E-state index contributed by atoms with van der Waals surface area (Å²) < 4.78 is 11.1. The van der Waals surface area contributed by atoms with Crippen molar-refractivity contribution in [1.82, 2.24) is 0 Å². The van der Waals surface area contributed by atoms with Gasteiger partial charge in [-0.05, 0) is 52.0 Å². The number of non-ortho nitro benzene ring substituents is 1. The molecule has 2 aliphatic rings. The van der Waals surface area contributed by atoms with Crippen LogP contribution < -0.4 is 25.0 Å². The maximum atomic E-state index is 11.9. The summed E-state index contributed by atoms with van der Waals surface area (Å²) in [7, 11) is 3.31. The average molecular weight is 564 g/mol. The Morgan fingerprint density at radius 3 is 1.71 bits per heavy atom. The summed E-state index contributed by atoms with van der Waals surface area (Å²) in [6.45, 7) is 6.84. The van der Waals surface area contributed by atoms with E-state index >= 15 is 0 Å². The molecule has 11 heteroatoms. The monoisotopic (exact) mass is 563 g/mol. The molecule has 4 rings (SSSR count). The maximum Gasteiger partial charge on any atom is 0.271 e. The van der Waals surface area contributed by atoms with Crippen molar-refractivity contribution >= 4 is 34.6 Å². The predicted molar refractivity (Wildman–Crippen MR) is 127 cm³/mol. The molecule has 0 unspecified atom stereocenters. The van der Waals surface area contributed by atoms with E-state index in [1.165, 1.54) is 23.1 Å². The molecule has 0 bridgehead atoms. The van der Waals surface area contributed by atoms with Crippen LogP contribution in [0.25, 0.3) is 0 Å². The third kappa shape index (κ3) is 5.32. The summed E-state index contributed by atoms with van der Waals surface area (Å²) in [5.74, 6) is 0.866. The average Bonchev–Trinajstić information content (AvgIpc) is 2.71. The van der Waals surface area contributed by atoms with E-state index in [0.29, 0.717) is 22.9 Å². The zero-order valence-electron chi connectivity index (χ0n) is 20.1. The van der Waals surface area contributed by atoms with Crippen molar-refractivity contribution in [3.63, 3.8) is 0 Å². The van der Waals surface area contributed by atoms with Gasteiger partial charge in [-0.3, -0.25) is 19.7 Å². The summed E-state index contributed by atoms with van der Waals surface area (Å²) in [5, 5.41) is 10.7. The number of nitrogens with zero attached hydrogens (tertiary/aromatic N) is 3.